The SMILES string of the molecule is CC(C)(N)C1(C2CCCCC2)COC1. The molecule has 14 heavy (non-hydrogen) atoms. The molecular formula is C12H23NO. The fourth-order valence-corrected chi connectivity index (χ4v) is 3.11. The second-order valence-electron chi connectivity index (χ2n) is 5.71. The van der Waals surface area contributed by atoms with Crippen LogP contribution in [0.1, 0.15) is 46.0 Å². The molecule has 0 aromatic carbocycles. The van der Waals surface area contributed by atoms with Crippen LogP contribution in [-0.4, -0.2) is 18.8 Å². The highest BCUT2D eigenvalue weighted by atomic mass is 16.5. The van der Waals surface area contributed by atoms with Gasteiger partial charge in [-0.25, -0.2) is 0 Å². The number of nitrogens with two attached hydrogens (primary N) is 1. The lowest BCUT2D eigenvalue weighted by molar-refractivity contribution is -0.185. The first-order chi connectivity index (χ1) is 6.56. The summed E-state index contributed by atoms with van der Waals surface area (Å²) in [5.74, 6) is 0.810. The maximum atomic E-state index is 6.33. The highest BCUT2D eigenvalue weighted by molar-refractivity contribution is 5.05. The molecule has 0 unspecified atom stereocenters. The van der Waals surface area contributed by atoms with E-state index in [2.05, 4.69) is 13.8 Å². The lowest BCUT2D eigenvalue weighted by Gasteiger charge is -2.56. The molecule has 0 radical (unpaired) electrons. The summed E-state index contributed by atoms with van der Waals surface area (Å²) in [6, 6.07) is 0. The van der Waals surface area contributed by atoms with Gasteiger partial charge in [0, 0.05) is 11.0 Å². The van der Waals surface area contributed by atoms with Gasteiger partial charge in [0.2, 0.25) is 0 Å². The van der Waals surface area contributed by atoms with E-state index in [1.807, 2.05) is 0 Å². The highest BCUT2D eigenvalue weighted by Gasteiger charge is 2.53. The predicted octanol–water partition coefficient (Wildman–Crippen LogP) is 2.32. The first kappa shape index (κ1) is 10.4. The minimum absolute atomic E-state index is 0.0761. The lowest BCUT2D eigenvalue weighted by Crippen LogP contribution is -2.65. The molecule has 2 aliphatic rings. The third-order valence-corrected chi connectivity index (χ3v) is 4.39. The van der Waals surface area contributed by atoms with Crippen LogP contribution in [0.2, 0.25) is 0 Å². The van der Waals surface area contributed by atoms with Crippen LogP contribution >= 0.6 is 0 Å². The third-order valence-electron chi connectivity index (χ3n) is 4.39. The fourth-order valence-electron chi connectivity index (χ4n) is 3.11. The number of ether oxygens (including phenoxy) is 1. The lowest BCUT2D eigenvalue weighted by atomic mass is 9.58. The highest BCUT2D eigenvalue weighted by Crippen LogP contribution is 2.49. The van der Waals surface area contributed by atoms with Crippen molar-refractivity contribution in [3.63, 3.8) is 0 Å². The van der Waals surface area contributed by atoms with Crippen LogP contribution in [0.5, 0.6) is 0 Å². The Hall–Kier alpha value is -0.0800. The zero-order valence-corrected chi connectivity index (χ0v) is 9.51. The third kappa shape index (κ3) is 1.49. The van der Waals surface area contributed by atoms with Gasteiger partial charge in [-0.05, 0) is 32.6 Å². The van der Waals surface area contributed by atoms with Gasteiger partial charge in [0.25, 0.3) is 0 Å². The van der Waals surface area contributed by atoms with E-state index in [1.165, 1.54) is 32.1 Å². The summed E-state index contributed by atoms with van der Waals surface area (Å²) < 4.78 is 5.44. The van der Waals surface area contributed by atoms with Gasteiger partial charge in [0.1, 0.15) is 0 Å². The minimum Gasteiger partial charge on any atom is -0.380 e. The molecule has 2 nitrogen and oxygen atoms in total. The Bertz CT molecular complexity index is 197. The maximum absolute atomic E-state index is 6.33. The second-order valence-corrected chi connectivity index (χ2v) is 5.71. The van der Waals surface area contributed by atoms with Crippen LogP contribution in [0, 0.1) is 11.3 Å². The fraction of sp³-hybridized carbons (Fsp3) is 1.00. The van der Waals surface area contributed by atoms with Crippen LogP contribution in [0.25, 0.3) is 0 Å². The van der Waals surface area contributed by atoms with Crippen LogP contribution < -0.4 is 5.73 Å². The van der Waals surface area contributed by atoms with Crippen LogP contribution in [0.4, 0.5) is 0 Å². The Kier molecular flexibility index (Phi) is 2.61. The summed E-state index contributed by atoms with van der Waals surface area (Å²) in [6.07, 6.45) is 6.93. The summed E-state index contributed by atoms with van der Waals surface area (Å²) in [5.41, 5.74) is 6.54. The van der Waals surface area contributed by atoms with Crippen molar-refractivity contribution in [1.29, 1.82) is 0 Å². The predicted molar refractivity (Wildman–Crippen MR) is 58.1 cm³/mol. The average Bonchev–Trinajstić information content (AvgIpc) is 2.01. The van der Waals surface area contributed by atoms with Crippen molar-refractivity contribution in [3.8, 4) is 0 Å². The van der Waals surface area contributed by atoms with Crippen molar-refractivity contribution in [2.24, 2.45) is 17.1 Å². The van der Waals surface area contributed by atoms with Gasteiger partial charge in [-0.15, -0.1) is 0 Å². The molecule has 1 saturated heterocycles. The zero-order chi connectivity index (χ0) is 10.2. The minimum atomic E-state index is -0.0761. The van der Waals surface area contributed by atoms with Gasteiger partial charge >= 0.3 is 0 Å². The molecule has 0 bridgehead atoms. The van der Waals surface area contributed by atoms with E-state index in [0.29, 0.717) is 0 Å². The van der Waals surface area contributed by atoms with Crippen molar-refractivity contribution >= 4 is 0 Å². The van der Waals surface area contributed by atoms with Gasteiger partial charge in [-0.3, -0.25) is 0 Å². The van der Waals surface area contributed by atoms with Crippen LogP contribution in [0.3, 0.4) is 0 Å². The van der Waals surface area contributed by atoms with Crippen molar-refractivity contribution in [2.75, 3.05) is 13.2 Å². The van der Waals surface area contributed by atoms with Crippen LogP contribution in [-0.2, 0) is 4.74 Å². The smallest absolute Gasteiger partial charge is 0.0565 e. The first-order valence-corrected chi connectivity index (χ1v) is 5.93. The summed E-state index contributed by atoms with van der Waals surface area (Å²) in [5, 5.41) is 0. The monoisotopic (exact) mass is 197 g/mol. The Balaban J connectivity index is 2.11. The Morgan fingerprint density at radius 2 is 1.71 bits per heavy atom. The molecule has 2 rings (SSSR count). The van der Waals surface area contributed by atoms with Crippen LogP contribution in [0.15, 0.2) is 0 Å². The van der Waals surface area contributed by atoms with Crippen molar-refractivity contribution in [2.45, 2.75) is 51.5 Å². The molecule has 1 heterocycles. The van der Waals surface area contributed by atoms with E-state index in [0.717, 1.165) is 19.1 Å². The molecule has 1 aliphatic heterocycles. The first-order valence-electron chi connectivity index (χ1n) is 5.93. The summed E-state index contributed by atoms with van der Waals surface area (Å²) in [7, 11) is 0. The van der Waals surface area contributed by atoms with E-state index in [4.69, 9.17) is 10.5 Å². The molecule has 82 valence electrons. The average molecular weight is 197 g/mol. The molecule has 2 fully saturated rings. The Morgan fingerprint density at radius 3 is 2.07 bits per heavy atom. The standard InChI is InChI=1S/C12H23NO/c1-11(2,13)12(8-14-9-12)10-6-4-3-5-7-10/h10H,3-9,13H2,1-2H3. The topological polar surface area (TPSA) is 35.2 Å². The molecule has 0 atom stereocenters. The Morgan fingerprint density at radius 1 is 1.14 bits per heavy atom. The molecule has 0 amide bonds. The van der Waals surface area contributed by atoms with Gasteiger partial charge < -0.3 is 10.5 Å². The van der Waals surface area contributed by atoms with E-state index >= 15 is 0 Å². The second kappa shape index (κ2) is 3.49. The quantitative estimate of drug-likeness (QED) is 0.737. The number of rotatable bonds is 2. The van der Waals surface area contributed by atoms with E-state index in [9.17, 15) is 0 Å². The summed E-state index contributed by atoms with van der Waals surface area (Å²) in [4.78, 5) is 0. The maximum Gasteiger partial charge on any atom is 0.0565 e. The largest absolute Gasteiger partial charge is 0.380 e. The molecular weight excluding hydrogens is 174 g/mol. The number of hydrogen-bond donors (Lipinski definition) is 1. The van der Waals surface area contributed by atoms with Gasteiger partial charge in [0.15, 0.2) is 0 Å². The molecule has 2 heteroatoms. The van der Waals surface area contributed by atoms with E-state index in [-0.39, 0.29) is 11.0 Å². The molecule has 1 aliphatic carbocycles. The molecule has 1 saturated carbocycles. The number of hydrogen-bond acceptors (Lipinski definition) is 2. The normalized spacial score (nSPS) is 28.5. The van der Waals surface area contributed by atoms with Crippen molar-refractivity contribution in [3.05, 3.63) is 0 Å². The summed E-state index contributed by atoms with van der Waals surface area (Å²) >= 11 is 0. The molecule has 0 aromatic rings. The Labute approximate surface area is 87.2 Å². The zero-order valence-electron chi connectivity index (χ0n) is 9.51. The summed E-state index contributed by atoms with van der Waals surface area (Å²) in [6.45, 7) is 6.12. The molecule has 2 N–H and O–H groups in total. The van der Waals surface area contributed by atoms with Crippen molar-refractivity contribution < 1.29 is 4.74 Å². The van der Waals surface area contributed by atoms with E-state index in [1.54, 1.807) is 0 Å². The molecule has 0 spiro atoms. The van der Waals surface area contributed by atoms with Gasteiger partial charge in [-0.2, -0.15) is 0 Å². The van der Waals surface area contributed by atoms with Gasteiger partial charge in [-0.1, -0.05) is 19.3 Å². The van der Waals surface area contributed by atoms with Gasteiger partial charge in [0.05, 0.1) is 13.2 Å². The van der Waals surface area contributed by atoms with E-state index < -0.39 is 0 Å². The molecule has 0 aromatic heterocycles. The van der Waals surface area contributed by atoms with Crippen molar-refractivity contribution in [1.82, 2.24) is 0 Å².